The second kappa shape index (κ2) is 8.57. The van der Waals surface area contributed by atoms with Crippen LogP contribution in [0.3, 0.4) is 0 Å². The predicted molar refractivity (Wildman–Crippen MR) is 119 cm³/mol. The monoisotopic (exact) mass is 402 g/mol. The van der Waals surface area contributed by atoms with Crippen molar-refractivity contribution in [2.75, 3.05) is 11.9 Å². The van der Waals surface area contributed by atoms with Gasteiger partial charge >= 0.3 is 0 Å². The zero-order valence-corrected chi connectivity index (χ0v) is 17.3. The van der Waals surface area contributed by atoms with Gasteiger partial charge in [-0.2, -0.15) is 0 Å². The summed E-state index contributed by atoms with van der Waals surface area (Å²) < 4.78 is 5.80. The second-order valence-corrected chi connectivity index (χ2v) is 8.02. The van der Waals surface area contributed by atoms with E-state index in [0.717, 1.165) is 34.9 Å². The van der Waals surface area contributed by atoms with Crippen LogP contribution in [-0.4, -0.2) is 24.5 Å². The fourth-order valence-corrected chi connectivity index (χ4v) is 3.46. The van der Waals surface area contributed by atoms with Gasteiger partial charge in [0.25, 0.3) is 11.8 Å². The van der Waals surface area contributed by atoms with Crippen LogP contribution >= 0.6 is 0 Å². The molecule has 0 unspecified atom stereocenters. The Hall–Kier alpha value is -3.34. The lowest BCUT2D eigenvalue weighted by atomic mass is 10.0. The Labute approximate surface area is 176 Å². The van der Waals surface area contributed by atoms with Crippen LogP contribution in [0, 0.1) is 0 Å². The van der Waals surface area contributed by atoms with Crippen molar-refractivity contribution in [3.05, 3.63) is 71.8 Å². The minimum absolute atomic E-state index is 0.113. The molecule has 0 heterocycles. The van der Waals surface area contributed by atoms with Crippen LogP contribution in [0.5, 0.6) is 5.75 Å². The van der Waals surface area contributed by atoms with Crippen LogP contribution in [-0.2, 0) is 4.79 Å². The first-order valence-corrected chi connectivity index (χ1v) is 10.4. The molecule has 0 saturated heterocycles. The van der Waals surface area contributed by atoms with Gasteiger partial charge in [0.2, 0.25) is 0 Å². The third-order valence-electron chi connectivity index (χ3n) is 5.22. The Balaban J connectivity index is 1.62. The van der Waals surface area contributed by atoms with Crippen molar-refractivity contribution < 1.29 is 14.3 Å². The van der Waals surface area contributed by atoms with Crippen LogP contribution < -0.4 is 15.4 Å². The maximum absolute atomic E-state index is 13.2. The van der Waals surface area contributed by atoms with Gasteiger partial charge in [0, 0.05) is 11.7 Å². The SMILES string of the molecule is CC(C)c1ccccc1NC(=O)c1cc2ccccc2cc1OCC(=O)NC1CC1. The number of carbonyl (C=O) groups is 2. The van der Waals surface area contributed by atoms with E-state index in [2.05, 4.69) is 24.5 Å². The highest BCUT2D eigenvalue weighted by atomic mass is 16.5. The van der Waals surface area contributed by atoms with E-state index >= 15 is 0 Å². The Morgan fingerprint density at radius 3 is 2.37 bits per heavy atom. The first-order chi connectivity index (χ1) is 14.5. The number of hydrogen-bond acceptors (Lipinski definition) is 3. The minimum atomic E-state index is -0.258. The van der Waals surface area contributed by atoms with E-state index in [0.29, 0.717) is 11.3 Å². The molecule has 2 N–H and O–H groups in total. The molecule has 5 nitrogen and oxygen atoms in total. The molecule has 1 aliphatic rings. The lowest BCUT2D eigenvalue weighted by Gasteiger charge is -2.16. The molecule has 30 heavy (non-hydrogen) atoms. The summed E-state index contributed by atoms with van der Waals surface area (Å²) in [7, 11) is 0. The highest BCUT2D eigenvalue weighted by molar-refractivity contribution is 6.09. The van der Waals surface area contributed by atoms with Gasteiger partial charge in [-0.15, -0.1) is 0 Å². The molecule has 0 bridgehead atoms. The second-order valence-electron chi connectivity index (χ2n) is 8.02. The molecule has 1 fully saturated rings. The summed E-state index contributed by atoms with van der Waals surface area (Å²) in [5, 5.41) is 7.82. The van der Waals surface area contributed by atoms with E-state index in [-0.39, 0.29) is 30.4 Å². The van der Waals surface area contributed by atoms with Gasteiger partial charge in [-0.25, -0.2) is 0 Å². The van der Waals surface area contributed by atoms with Crippen LogP contribution in [0.2, 0.25) is 0 Å². The number of hydrogen-bond donors (Lipinski definition) is 2. The Kier molecular flexibility index (Phi) is 5.70. The maximum atomic E-state index is 13.2. The molecule has 0 radical (unpaired) electrons. The topological polar surface area (TPSA) is 67.4 Å². The van der Waals surface area contributed by atoms with Crippen LogP contribution in [0.4, 0.5) is 5.69 Å². The number of anilines is 1. The minimum Gasteiger partial charge on any atom is -0.483 e. The molecule has 0 aromatic heterocycles. The van der Waals surface area contributed by atoms with Crippen molar-refractivity contribution in [2.24, 2.45) is 0 Å². The average Bonchev–Trinajstić information content (AvgIpc) is 3.55. The molecule has 1 aliphatic carbocycles. The van der Waals surface area contributed by atoms with Gasteiger partial charge in [0.15, 0.2) is 6.61 Å². The van der Waals surface area contributed by atoms with Crippen molar-refractivity contribution in [1.29, 1.82) is 0 Å². The van der Waals surface area contributed by atoms with Gasteiger partial charge < -0.3 is 15.4 Å². The van der Waals surface area contributed by atoms with Crippen LogP contribution in [0.25, 0.3) is 10.8 Å². The first-order valence-electron chi connectivity index (χ1n) is 10.4. The summed E-state index contributed by atoms with van der Waals surface area (Å²) in [6.07, 6.45) is 2.04. The number of para-hydroxylation sites is 1. The molecule has 1 saturated carbocycles. The maximum Gasteiger partial charge on any atom is 0.259 e. The number of fused-ring (bicyclic) bond motifs is 1. The normalized spacial score (nSPS) is 13.3. The summed E-state index contributed by atoms with van der Waals surface area (Å²) in [5.41, 5.74) is 2.26. The molecular formula is C25H26N2O3. The van der Waals surface area contributed by atoms with E-state index in [1.165, 1.54) is 0 Å². The quantitative estimate of drug-likeness (QED) is 0.592. The number of nitrogens with one attached hydrogen (secondary N) is 2. The summed E-state index contributed by atoms with van der Waals surface area (Å²) >= 11 is 0. The number of ether oxygens (including phenoxy) is 1. The lowest BCUT2D eigenvalue weighted by Crippen LogP contribution is -2.30. The van der Waals surface area contributed by atoms with Crippen molar-refractivity contribution in [2.45, 2.75) is 38.6 Å². The molecule has 0 spiro atoms. The standard InChI is InChI=1S/C25H26N2O3/c1-16(2)20-9-5-6-10-22(20)27-25(29)21-13-17-7-3-4-8-18(17)14-23(21)30-15-24(28)26-19-11-12-19/h3-10,13-14,16,19H,11-12,15H2,1-2H3,(H,26,28)(H,27,29). The Morgan fingerprint density at radius 2 is 1.67 bits per heavy atom. The molecule has 3 aromatic rings. The lowest BCUT2D eigenvalue weighted by molar-refractivity contribution is -0.123. The van der Waals surface area contributed by atoms with Gasteiger partial charge in [-0.05, 0) is 53.3 Å². The number of benzene rings is 3. The number of carbonyl (C=O) groups excluding carboxylic acids is 2. The zero-order chi connectivity index (χ0) is 21.1. The molecule has 0 aliphatic heterocycles. The third-order valence-corrected chi connectivity index (χ3v) is 5.22. The average molecular weight is 402 g/mol. The molecule has 0 atom stereocenters. The molecule has 154 valence electrons. The fraction of sp³-hybridized carbons (Fsp3) is 0.280. The van der Waals surface area contributed by atoms with E-state index in [4.69, 9.17) is 4.74 Å². The van der Waals surface area contributed by atoms with Crippen molar-refractivity contribution in [3.8, 4) is 5.75 Å². The van der Waals surface area contributed by atoms with E-state index in [1.54, 1.807) is 0 Å². The number of rotatable bonds is 7. The van der Waals surface area contributed by atoms with Gasteiger partial charge in [-0.1, -0.05) is 56.3 Å². The zero-order valence-electron chi connectivity index (χ0n) is 17.3. The van der Waals surface area contributed by atoms with Gasteiger partial charge in [0.1, 0.15) is 5.75 Å². The first kappa shape index (κ1) is 20.0. The smallest absolute Gasteiger partial charge is 0.259 e. The highest BCUT2D eigenvalue weighted by Crippen LogP contribution is 2.29. The van der Waals surface area contributed by atoms with E-state index < -0.39 is 0 Å². The Bertz CT molecular complexity index is 1090. The summed E-state index contributed by atoms with van der Waals surface area (Å²) in [6, 6.07) is 19.5. The molecular weight excluding hydrogens is 376 g/mol. The van der Waals surface area contributed by atoms with Gasteiger partial charge in [0.05, 0.1) is 5.56 Å². The van der Waals surface area contributed by atoms with E-state index in [9.17, 15) is 9.59 Å². The molecule has 3 aromatic carbocycles. The Morgan fingerprint density at radius 1 is 1.00 bits per heavy atom. The predicted octanol–water partition coefficient (Wildman–Crippen LogP) is 4.87. The summed E-state index contributed by atoms with van der Waals surface area (Å²) in [5.74, 6) is 0.257. The highest BCUT2D eigenvalue weighted by Gasteiger charge is 2.24. The molecule has 4 rings (SSSR count). The van der Waals surface area contributed by atoms with Crippen molar-refractivity contribution in [1.82, 2.24) is 5.32 Å². The van der Waals surface area contributed by atoms with Crippen molar-refractivity contribution in [3.63, 3.8) is 0 Å². The fourth-order valence-electron chi connectivity index (χ4n) is 3.46. The summed E-state index contributed by atoms with van der Waals surface area (Å²) in [4.78, 5) is 25.3. The third kappa shape index (κ3) is 4.62. The van der Waals surface area contributed by atoms with Crippen molar-refractivity contribution >= 4 is 28.3 Å². The van der Waals surface area contributed by atoms with Crippen LogP contribution in [0.15, 0.2) is 60.7 Å². The van der Waals surface area contributed by atoms with Gasteiger partial charge in [-0.3, -0.25) is 9.59 Å². The summed E-state index contributed by atoms with van der Waals surface area (Å²) in [6.45, 7) is 4.07. The number of amides is 2. The van der Waals surface area contributed by atoms with E-state index in [1.807, 2.05) is 60.7 Å². The molecule has 5 heteroatoms. The van der Waals surface area contributed by atoms with Crippen LogP contribution in [0.1, 0.15) is 48.5 Å². The molecule has 2 amide bonds. The largest absolute Gasteiger partial charge is 0.483 e.